The van der Waals surface area contributed by atoms with Crippen LogP contribution in [0.15, 0.2) is 36.5 Å². The summed E-state index contributed by atoms with van der Waals surface area (Å²) in [6.07, 6.45) is -4.66. The zero-order valence-electron chi connectivity index (χ0n) is 14.5. The number of nitrogens with one attached hydrogen (secondary N) is 1. The lowest BCUT2D eigenvalue weighted by Gasteiger charge is -2.25. The Labute approximate surface area is 156 Å². The molecule has 0 aliphatic heterocycles. The van der Waals surface area contributed by atoms with Gasteiger partial charge in [0.1, 0.15) is 23.9 Å². The molecule has 0 spiro atoms. The van der Waals surface area contributed by atoms with E-state index in [1.165, 1.54) is 25.1 Å². The van der Waals surface area contributed by atoms with Crippen LogP contribution < -0.4 is 10.1 Å². The quantitative estimate of drug-likeness (QED) is 0.715. The van der Waals surface area contributed by atoms with Gasteiger partial charge in [-0.05, 0) is 31.2 Å². The summed E-state index contributed by atoms with van der Waals surface area (Å²) < 4.78 is 69.1. The van der Waals surface area contributed by atoms with Gasteiger partial charge >= 0.3 is 12.2 Å². The molecule has 1 atom stereocenters. The van der Waals surface area contributed by atoms with E-state index in [0.29, 0.717) is 4.90 Å². The average Bonchev–Trinajstić information content (AvgIpc) is 2.57. The van der Waals surface area contributed by atoms with E-state index in [-0.39, 0.29) is 17.3 Å². The summed E-state index contributed by atoms with van der Waals surface area (Å²) in [4.78, 5) is 16.2. The van der Waals surface area contributed by atoms with Crippen molar-refractivity contribution in [3.63, 3.8) is 0 Å². The highest BCUT2D eigenvalue weighted by Gasteiger charge is 2.33. The zero-order chi connectivity index (χ0) is 20.9. The highest BCUT2D eigenvalue weighted by molar-refractivity contribution is 5.88. The van der Waals surface area contributed by atoms with Gasteiger partial charge in [-0.15, -0.1) is 0 Å². The van der Waals surface area contributed by atoms with Crippen LogP contribution >= 0.6 is 0 Å². The van der Waals surface area contributed by atoms with Crippen LogP contribution in [0.1, 0.15) is 6.92 Å². The van der Waals surface area contributed by atoms with Crippen molar-refractivity contribution in [1.82, 2.24) is 9.88 Å². The molecule has 6 nitrogen and oxygen atoms in total. The number of amides is 2. The van der Waals surface area contributed by atoms with Gasteiger partial charge in [-0.25, -0.2) is 18.6 Å². The molecule has 2 N–H and O–H groups in total. The van der Waals surface area contributed by atoms with E-state index in [9.17, 15) is 31.9 Å². The fourth-order valence-electron chi connectivity index (χ4n) is 2.13. The molecule has 0 bridgehead atoms. The number of aliphatic hydroxyl groups is 1. The molecule has 1 heterocycles. The highest BCUT2D eigenvalue weighted by atomic mass is 19.4. The molecule has 2 rings (SSSR count). The van der Waals surface area contributed by atoms with Crippen LogP contribution in [0.2, 0.25) is 0 Å². The molecule has 0 aliphatic carbocycles. The van der Waals surface area contributed by atoms with E-state index in [1.807, 2.05) is 0 Å². The van der Waals surface area contributed by atoms with Gasteiger partial charge in [0, 0.05) is 12.6 Å². The molecule has 0 radical (unpaired) electrons. The van der Waals surface area contributed by atoms with Crippen LogP contribution in [0.4, 0.5) is 32.6 Å². The molecule has 0 saturated heterocycles. The smallest absolute Gasteiger partial charge is 0.406 e. The number of carbonyl (C=O) groups is 1. The van der Waals surface area contributed by atoms with Crippen LogP contribution in [-0.4, -0.2) is 46.4 Å². The maximum atomic E-state index is 13.2. The number of nitrogens with zero attached hydrogens (tertiary/aromatic N) is 2. The Balaban J connectivity index is 2.03. The normalized spacial score (nSPS) is 12.4. The second kappa shape index (κ2) is 8.83. The Morgan fingerprint density at radius 1 is 1.21 bits per heavy atom. The lowest BCUT2D eigenvalue weighted by Crippen LogP contribution is -2.44. The summed E-state index contributed by atoms with van der Waals surface area (Å²) in [7, 11) is 0. The Morgan fingerprint density at radius 2 is 1.89 bits per heavy atom. The van der Waals surface area contributed by atoms with Crippen molar-refractivity contribution in [3.8, 4) is 11.5 Å². The van der Waals surface area contributed by atoms with Crippen molar-refractivity contribution in [2.24, 2.45) is 0 Å². The van der Waals surface area contributed by atoms with Crippen LogP contribution in [0.3, 0.4) is 0 Å². The van der Waals surface area contributed by atoms with Gasteiger partial charge in [0.05, 0.1) is 12.3 Å². The second-order valence-corrected chi connectivity index (χ2v) is 5.83. The van der Waals surface area contributed by atoms with Gasteiger partial charge < -0.3 is 14.7 Å². The minimum absolute atomic E-state index is 0.00534. The molecule has 152 valence electrons. The summed E-state index contributed by atoms with van der Waals surface area (Å²) >= 11 is 0. The standard InChI is InChI=1S/C17H16F5N3O3/c1-10(26)8-25(9-17(20,21)22)16(27)24-15-5-3-12(7-23-15)28-11-2-4-13(18)14(19)6-11/h2-7,10,26H,8-9H2,1H3,(H,23,24,27). The number of hydrogen-bond acceptors (Lipinski definition) is 4. The minimum atomic E-state index is -4.64. The predicted molar refractivity (Wildman–Crippen MR) is 89.0 cm³/mol. The largest absolute Gasteiger partial charge is 0.456 e. The van der Waals surface area contributed by atoms with Crippen molar-refractivity contribution in [2.75, 3.05) is 18.4 Å². The molecular formula is C17H16F5N3O3. The fraction of sp³-hybridized carbons (Fsp3) is 0.294. The Morgan fingerprint density at radius 3 is 2.43 bits per heavy atom. The number of rotatable bonds is 6. The number of ether oxygens (including phenoxy) is 1. The van der Waals surface area contributed by atoms with E-state index < -0.39 is 43.0 Å². The molecule has 0 fully saturated rings. The predicted octanol–water partition coefficient (Wildman–Crippen LogP) is 3.93. The molecule has 2 aromatic rings. The van der Waals surface area contributed by atoms with E-state index in [2.05, 4.69) is 10.3 Å². The first-order chi connectivity index (χ1) is 13.0. The van der Waals surface area contributed by atoms with Crippen LogP contribution in [0.5, 0.6) is 11.5 Å². The minimum Gasteiger partial charge on any atom is -0.456 e. The average molecular weight is 405 g/mol. The van der Waals surface area contributed by atoms with Gasteiger partial charge in [0.2, 0.25) is 0 Å². The molecular weight excluding hydrogens is 389 g/mol. The lowest BCUT2D eigenvalue weighted by atomic mass is 10.3. The number of alkyl halides is 3. The SMILES string of the molecule is CC(O)CN(CC(F)(F)F)C(=O)Nc1ccc(Oc2ccc(F)c(F)c2)cn1. The number of aliphatic hydroxyl groups excluding tert-OH is 1. The lowest BCUT2D eigenvalue weighted by molar-refractivity contribution is -0.141. The number of urea groups is 1. The maximum absolute atomic E-state index is 13.2. The van der Waals surface area contributed by atoms with E-state index in [1.54, 1.807) is 0 Å². The molecule has 0 saturated carbocycles. The fourth-order valence-corrected chi connectivity index (χ4v) is 2.13. The molecule has 1 unspecified atom stereocenters. The molecule has 2 amide bonds. The van der Waals surface area contributed by atoms with Gasteiger partial charge in [-0.2, -0.15) is 13.2 Å². The van der Waals surface area contributed by atoms with Crippen LogP contribution in [0.25, 0.3) is 0 Å². The monoisotopic (exact) mass is 405 g/mol. The van der Waals surface area contributed by atoms with Gasteiger partial charge in [0.15, 0.2) is 11.6 Å². The summed E-state index contributed by atoms with van der Waals surface area (Å²) in [5.41, 5.74) is 0. The topological polar surface area (TPSA) is 74.7 Å². The first-order valence-electron chi connectivity index (χ1n) is 7.93. The zero-order valence-corrected chi connectivity index (χ0v) is 14.5. The number of halogens is 5. The van der Waals surface area contributed by atoms with Crippen LogP contribution in [0, 0.1) is 11.6 Å². The molecule has 1 aromatic carbocycles. The van der Waals surface area contributed by atoms with Gasteiger partial charge in [-0.3, -0.25) is 5.32 Å². The third-order valence-corrected chi connectivity index (χ3v) is 3.24. The number of carbonyl (C=O) groups excluding carboxylic acids is 1. The first kappa shape index (κ1) is 21.4. The number of anilines is 1. The number of pyridine rings is 1. The molecule has 1 aromatic heterocycles. The Kier molecular flexibility index (Phi) is 6.73. The third-order valence-electron chi connectivity index (χ3n) is 3.24. The van der Waals surface area contributed by atoms with E-state index >= 15 is 0 Å². The summed E-state index contributed by atoms with van der Waals surface area (Å²) in [5.74, 6) is -2.08. The van der Waals surface area contributed by atoms with Gasteiger partial charge in [-0.1, -0.05) is 0 Å². The Bertz CT molecular complexity index is 813. The van der Waals surface area contributed by atoms with E-state index in [0.717, 1.165) is 18.3 Å². The third kappa shape index (κ3) is 6.65. The van der Waals surface area contributed by atoms with E-state index in [4.69, 9.17) is 4.74 Å². The summed E-state index contributed by atoms with van der Waals surface area (Å²) in [6, 6.07) is 4.38. The van der Waals surface area contributed by atoms with Crippen molar-refractivity contribution in [3.05, 3.63) is 48.2 Å². The molecule has 11 heteroatoms. The van der Waals surface area contributed by atoms with Gasteiger partial charge in [0.25, 0.3) is 0 Å². The van der Waals surface area contributed by atoms with Crippen molar-refractivity contribution in [1.29, 1.82) is 0 Å². The highest BCUT2D eigenvalue weighted by Crippen LogP contribution is 2.23. The van der Waals surface area contributed by atoms with Crippen molar-refractivity contribution >= 4 is 11.8 Å². The first-order valence-corrected chi connectivity index (χ1v) is 7.93. The van der Waals surface area contributed by atoms with Crippen LogP contribution in [-0.2, 0) is 0 Å². The molecule has 28 heavy (non-hydrogen) atoms. The number of benzene rings is 1. The second-order valence-electron chi connectivity index (χ2n) is 5.83. The maximum Gasteiger partial charge on any atom is 0.406 e. The van der Waals surface area contributed by atoms with Crippen molar-refractivity contribution < 1.29 is 36.6 Å². The summed E-state index contributed by atoms with van der Waals surface area (Å²) in [5, 5.41) is 11.5. The number of hydrogen-bond donors (Lipinski definition) is 2. The molecule has 0 aliphatic rings. The Hall–Kier alpha value is -2.95. The summed E-state index contributed by atoms with van der Waals surface area (Å²) in [6.45, 7) is -0.816. The number of aromatic nitrogens is 1. The van der Waals surface area contributed by atoms with Crippen molar-refractivity contribution in [2.45, 2.75) is 19.2 Å².